The van der Waals surface area contributed by atoms with Gasteiger partial charge in [-0.2, -0.15) is 0 Å². The smallest absolute Gasteiger partial charge is 0.273 e. The number of pyridine rings is 1. The zero-order chi connectivity index (χ0) is 21.2. The van der Waals surface area contributed by atoms with Gasteiger partial charge < -0.3 is 15.0 Å². The zero-order valence-electron chi connectivity index (χ0n) is 17.6. The highest BCUT2D eigenvalue weighted by Gasteiger charge is 2.28. The highest BCUT2D eigenvalue weighted by atomic mass is 16.2. The number of carbonyl (C=O) groups is 2. The van der Waals surface area contributed by atoms with Crippen molar-refractivity contribution in [3.05, 3.63) is 71.8 Å². The first-order chi connectivity index (χ1) is 13.7. The average molecular weight is 393 g/mol. The minimum Gasteiger partial charge on any atom is -0.352 e. The van der Waals surface area contributed by atoms with Gasteiger partial charge in [-0.3, -0.25) is 9.59 Å². The molecule has 152 valence electrons. The molecule has 2 heterocycles. The van der Waals surface area contributed by atoms with Gasteiger partial charge in [0, 0.05) is 17.7 Å². The lowest BCUT2D eigenvalue weighted by Gasteiger charge is -2.20. The van der Waals surface area contributed by atoms with Crippen LogP contribution >= 0.6 is 0 Å². The van der Waals surface area contributed by atoms with Gasteiger partial charge in [0.2, 0.25) is 5.91 Å². The molecule has 0 aliphatic heterocycles. The summed E-state index contributed by atoms with van der Waals surface area (Å²) in [6, 6.07) is 14.0. The second kappa shape index (κ2) is 8.07. The van der Waals surface area contributed by atoms with Crippen LogP contribution in [0.4, 0.5) is 0 Å². The number of carbonyl (C=O) groups excluding carboxylic acids is 2. The number of hydrogen-bond acceptors (Lipinski definition) is 3. The second-order valence-corrected chi connectivity index (χ2v) is 8.47. The summed E-state index contributed by atoms with van der Waals surface area (Å²) in [5.41, 5.74) is 1.51. The Labute approximate surface area is 171 Å². The van der Waals surface area contributed by atoms with E-state index in [1.54, 1.807) is 0 Å². The van der Waals surface area contributed by atoms with Crippen LogP contribution in [0.3, 0.4) is 0 Å². The number of benzene rings is 1. The molecule has 0 radical (unpaired) electrons. The highest BCUT2D eigenvalue weighted by molar-refractivity contribution is 6.01. The van der Waals surface area contributed by atoms with Crippen molar-refractivity contribution in [2.45, 2.75) is 52.1 Å². The van der Waals surface area contributed by atoms with E-state index in [1.807, 2.05) is 73.0 Å². The van der Waals surface area contributed by atoms with Crippen LogP contribution in [0, 0.1) is 0 Å². The van der Waals surface area contributed by atoms with E-state index in [2.05, 4.69) is 36.4 Å². The lowest BCUT2D eigenvalue weighted by molar-refractivity contribution is -0.123. The van der Waals surface area contributed by atoms with E-state index in [4.69, 9.17) is 0 Å². The van der Waals surface area contributed by atoms with Crippen LogP contribution in [0.1, 0.15) is 62.5 Å². The van der Waals surface area contributed by atoms with Gasteiger partial charge in [-0.25, -0.2) is 4.98 Å². The molecular weight excluding hydrogens is 364 g/mol. The van der Waals surface area contributed by atoms with Crippen LogP contribution in [0.15, 0.2) is 54.7 Å². The van der Waals surface area contributed by atoms with Crippen molar-refractivity contribution in [3.8, 4) is 0 Å². The van der Waals surface area contributed by atoms with Crippen molar-refractivity contribution in [1.29, 1.82) is 0 Å². The molecule has 0 bridgehead atoms. The molecule has 2 N–H and O–H groups in total. The molecule has 1 unspecified atom stereocenters. The van der Waals surface area contributed by atoms with Gasteiger partial charge in [-0.1, -0.05) is 57.2 Å². The Hall–Kier alpha value is -3.15. The lowest BCUT2D eigenvalue weighted by Crippen LogP contribution is -2.42. The predicted octanol–water partition coefficient (Wildman–Crippen LogP) is 3.63. The summed E-state index contributed by atoms with van der Waals surface area (Å²) in [5, 5.41) is 5.77. The average Bonchev–Trinajstić information content (AvgIpc) is 3.06. The fourth-order valence-electron chi connectivity index (χ4n) is 3.25. The lowest BCUT2D eigenvalue weighted by atomic mass is 9.96. The van der Waals surface area contributed by atoms with Gasteiger partial charge in [0.1, 0.15) is 11.9 Å². The summed E-state index contributed by atoms with van der Waals surface area (Å²) in [4.78, 5) is 30.7. The van der Waals surface area contributed by atoms with Crippen LogP contribution in [-0.4, -0.2) is 27.2 Å². The number of aromatic nitrogens is 2. The van der Waals surface area contributed by atoms with Crippen LogP contribution < -0.4 is 10.6 Å². The van der Waals surface area contributed by atoms with Gasteiger partial charge in [-0.15, -0.1) is 0 Å². The maximum absolute atomic E-state index is 13.2. The quantitative estimate of drug-likeness (QED) is 0.696. The summed E-state index contributed by atoms with van der Waals surface area (Å²) in [6.07, 6.45) is 1.90. The Morgan fingerprint density at radius 2 is 1.62 bits per heavy atom. The molecule has 3 aromatic rings. The molecule has 0 fully saturated rings. The maximum Gasteiger partial charge on any atom is 0.273 e. The Kier molecular flexibility index (Phi) is 5.73. The second-order valence-electron chi connectivity index (χ2n) is 8.47. The minimum atomic E-state index is -0.801. The maximum atomic E-state index is 13.2. The standard InChI is InChI=1S/C23H28N4O2/c1-15(2)24-20(28)18(16-11-7-6-8-12-16)25-21(29)19-17-13-9-10-14-27(17)22(26-19)23(3,4)5/h6-15,18H,1-5H3,(H,24,28)(H,25,29). The number of amides is 2. The largest absolute Gasteiger partial charge is 0.352 e. The molecule has 2 amide bonds. The molecule has 6 nitrogen and oxygen atoms in total. The molecule has 1 aromatic carbocycles. The summed E-state index contributed by atoms with van der Waals surface area (Å²) >= 11 is 0. The van der Waals surface area contributed by atoms with E-state index in [0.29, 0.717) is 11.2 Å². The van der Waals surface area contributed by atoms with E-state index < -0.39 is 6.04 Å². The summed E-state index contributed by atoms with van der Waals surface area (Å²) < 4.78 is 1.93. The normalized spacial score (nSPS) is 12.8. The monoisotopic (exact) mass is 392 g/mol. The first-order valence-corrected chi connectivity index (χ1v) is 9.82. The summed E-state index contributed by atoms with van der Waals surface area (Å²) in [7, 11) is 0. The van der Waals surface area contributed by atoms with Crippen LogP contribution in [0.5, 0.6) is 0 Å². The molecular formula is C23H28N4O2. The predicted molar refractivity (Wildman–Crippen MR) is 114 cm³/mol. The van der Waals surface area contributed by atoms with Crippen molar-refractivity contribution in [2.75, 3.05) is 0 Å². The van der Waals surface area contributed by atoms with Crippen LogP contribution in [-0.2, 0) is 10.2 Å². The van der Waals surface area contributed by atoms with Crippen LogP contribution in [0.2, 0.25) is 0 Å². The zero-order valence-corrected chi connectivity index (χ0v) is 17.6. The third-order valence-electron chi connectivity index (χ3n) is 4.54. The van der Waals surface area contributed by atoms with E-state index in [0.717, 1.165) is 11.4 Å². The number of hydrogen-bond donors (Lipinski definition) is 2. The Morgan fingerprint density at radius 3 is 2.24 bits per heavy atom. The van der Waals surface area contributed by atoms with Crippen molar-refractivity contribution >= 4 is 17.3 Å². The third-order valence-corrected chi connectivity index (χ3v) is 4.54. The molecule has 29 heavy (non-hydrogen) atoms. The molecule has 3 rings (SSSR count). The molecule has 6 heteroatoms. The van der Waals surface area contributed by atoms with Gasteiger partial charge >= 0.3 is 0 Å². The Morgan fingerprint density at radius 1 is 0.966 bits per heavy atom. The van der Waals surface area contributed by atoms with E-state index in [9.17, 15) is 9.59 Å². The molecule has 0 aliphatic carbocycles. The Bertz CT molecular complexity index is 1020. The molecule has 0 saturated heterocycles. The van der Waals surface area contributed by atoms with Gasteiger partial charge in [0.15, 0.2) is 5.69 Å². The first-order valence-electron chi connectivity index (χ1n) is 9.82. The van der Waals surface area contributed by atoms with Crippen molar-refractivity contribution < 1.29 is 9.59 Å². The fourth-order valence-corrected chi connectivity index (χ4v) is 3.25. The fraction of sp³-hybridized carbons (Fsp3) is 0.348. The topological polar surface area (TPSA) is 75.5 Å². The number of nitrogens with zero attached hydrogens (tertiary/aromatic N) is 2. The minimum absolute atomic E-state index is 0.0356. The van der Waals surface area contributed by atoms with Crippen LogP contribution in [0.25, 0.3) is 5.52 Å². The van der Waals surface area contributed by atoms with E-state index in [1.165, 1.54) is 0 Å². The SMILES string of the molecule is CC(C)NC(=O)C(NC(=O)c1nc(C(C)(C)C)n2ccccc12)c1ccccc1. The van der Waals surface area contributed by atoms with E-state index >= 15 is 0 Å². The van der Waals surface area contributed by atoms with Crippen molar-refractivity contribution in [2.24, 2.45) is 0 Å². The number of imidazole rings is 1. The van der Waals surface area contributed by atoms with Gasteiger partial charge in [0.25, 0.3) is 5.91 Å². The van der Waals surface area contributed by atoms with Crippen molar-refractivity contribution in [1.82, 2.24) is 20.0 Å². The van der Waals surface area contributed by atoms with E-state index in [-0.39, 0.29) is 23.3 Å². The number of rotatable bonds is 5. The molecule has 0 saturated carbocycles. The number of fused-ring (bicyclic) bond motifs is 1. The summed E-state index contributed by atoms with van der Waals surface area (Å²) in [5.74, 6) is 0.164. The first kappa shape index (κ1) is 20.6. The third kappa shape index (κ3) is 4.47. The summed E-state index contributed by atoms with van der Waals surface area (Å²) in [6.45, 7) is 9.94. The molecule has 1 atom stereocenters. The molecule has 0 aliphatic rings. The number of nitrogens with one attached hydrogen (secondary N) is 2. The molecule has 2 aromatic heterocycles. The molecule has 0 spiro atoms. The highest BCUT2D eigenvalue weighted by Crippen LogP contribution is 2.25. The van der Waals surface area contributed by atoms with Gasteiger partial charge in [0.05, 0.1) is 5.52 Å². The van der Waals surface area contributed by atoms with Crippen molar-refractivity contribution in [3.63, 3.8) is 0 Å². The van der Waals surface area contributed by atoms with Gasteiger partial charge in [-0.05, 0) is 31.5 Å². The Balaban J connectivity index is 1.99.